The van der Waals surface area contributed by atoms with Gasteiger partial charge < -0.3 is 19.8 Å². The molecule has 0 spiro atoms. The lowest BCUT2D eigenvalue weighted by Crippen LogP contribution is -2.10. The minimum absolute atomic E-state index is 0.271. The van der Waals surface area contributed by atoms with Crippen LogP contribution in [0.25, 0.3) is 0 Å². The van der Waals surface area contributed by atoms with E-state index in [0.29, 0.717) is 19.3 Å². The largest absolute Gasteiger partial charge is 0.497 e. The van der Waals surface area contributed by atoms with Crippen molar-refractivity contribution >= 4 is 5.97 Å². The van der Waals surface area contributed by atoms with Crippen LogP contribution in [0.3, 0.4) is 0 Å². The van der Waals surface area contributed by atoms with Gasteiger partial charge in [-0.25, -0.2) is 0 Å². The van der Waals surface area contributed by atoms with Gasteiger partial charge in [-0.1, -0.05) is 41.9 Å². The third-order valence-electron chi connectivity index (χ3n) is 4.00. The van der Waals surface area contributed by atoms with E-state index in [1.165, 1.54) is 0 Å². The van der Waals surface area contributed by atoms with E-state index in [9.17, 15) is 15.0 Å². The van der Waals surface area contributed by atoms with Gasteiger partial charge in [-0.15, -0.1) is 5.06 Å². The number of methoxy groups -OCH3 is 1. The van der Waals surface area contributed by atoms with E-state index in [2.05, 4.69) is 23.7 Å². The first-order valence-corrected chi connectivity index (χ1v) is 9.86. The Balaban J connectivity index is 1.60. The molecule has 1 aliphatic heterocycles. The molecule has 1 saturated heterocycles. The van der Waals surface area contributed by atoms with Crippen molar-refractivity contribution < 1.29 is 24.6 Å². The fraction of sp³-hybridized carbons (Fsp3) is 0.375. The summed E-state index contributed by atoms with van der Waals surface area (Å²) in [6.07, 6.45) is 6.65. The fourth-order valence-corrected chi connectivity index (χ4v) is 2.27. The second-order valence-corrected chi connectivity index (χ2v) is 6.63. The standard InChI is InChI=1S/C24H27NO5/c1-29-23-16-14-20(15-17-23)8-6-11-21(26)9-4-2-3-5-10-22(27)12-7-13-24(28)30-25-18-19-25/h2-4,9,14-17,21-22,26-27H,7,11-13,18-19H2,1H3/b3-2?,9-4+/t21-,22+/m0/s1. The molecule has 1 fully saturated rings. The summed E-state index contributed by atoms with van der Waals surface area (Å²) in [6, 6.07) is 7.40. The summed E-state index contributed by atoms with van der Waals surface area (Å²) in [6.45, 7) is 1.60. The van der Waals surface area contributed by atoms with Gasteiger partial charge in [0.2, 0.25) is 0 Å². The van der Waals surface area contributed by atoms with Crippen molar-refractivity contribution in [3.8, 4) is 29.4 Å². The van der Waals surface area contributed by atoms with Crippen molar-refractivity contribution in [2.45, 2.75) is 37.9 Å². The summed E-state index contributed by atoms with van der Waals surface area (Å²) in [5, 5.41) is 21.3. The summed E-state index contributed by atoms with van der Waals surface area (Å²) in [4.78, 5) is 16.4. The predicted octanol–water partition coefficient (Wildman–Crippen LogP) is 2.22. The molecule has 0 bridgehead atoms. The average Bonchev–Trinajstić information content (AvgIpc) is 3.55. The highest BCUT2D eigenvalue weighted by Gasteiger charge is 2.22. The van der Waals surface area contributed by atoms with Crippen LogP contribution in [0.1, 0.15) is 31.2 Å². The lowest BCUT2D eigenvalue weighted by molar-refractivity contribution is -0.166. The molecule has 0 aliphatic carbocycles. The van der Waals surface area contributed by atoms with Crippen molar-refractivity contribution in [3.63, 3.8) is 0 Å². The number of ether oxygens (including phenoxy) is 1. The Morgan fingerprint density at radius 3 is 2.70 bits per heavy atom. The highest BCUT2D eigenvalue weighted by molar-refractivity contribution is 5.69. The van der Waals surface area contributed by atoms with Gasteiger partial charge in [-0.05, 0) is 43.2 Å². The molecule has 158 valence electrons. The lowest BCUT2D eigenvalue weighted by Gasteiger charge is -2.04. The average molecular weight is 409 g/mol. The molecule has 6 heteroatoms. The predicted molar refractivity (Wildman–Crippen MR) is 114 cm³/mol. The second-order valence-electron chi connectivity index (χ2n) is 6.63. The van der Waals surface area contributed by atoms with Crippen LogP contribution in [0.5, 0.6) is 5.75 Å². The summed E-state index contributed by atoms with van der Waals surface area (Å²) in [5.41, 5.74) is 0.860. The van der Waals surface area contributed by atoms with Crippen molar-refractivity contribution in [2.24, 2.45) is 0 Å². The molecule has 2 rings (SSSR count). The first kappa shape index (κ1) is 23.3. The molecule has 0 unspecified atom stereocenters. The number of hydroxylamine groups is 2. The highest BCUT2D eigenvalue weighted by Crippen LogP contribution is 2.10. The molecular formula is C24H27NO5. The van der Waals surface area contributed by atoms with Gasteiger partial charge in [0.25, 0.3) is 0 Å². The summed E-state index contributed by atoms with van der Waals surface area (Å²) < 4.78 is 5.09. The zero-order chi connectivity index (χ0) is 21.6. The van der Waals surface area contributed by atoms with Crippen molar-refractivity contribution in [3.05, 3.63) is 54.1 Å². The Morgan fingerprint density at radius 1 is 1.23 bits per heavy atom. The first-order valence-electron chi connectivity index (χ1n) is 9.86. The van der Waals surface area contributed by atoms with Crippen molar-refractivity contribution in [1.82, 2.24) is 5.06 Å². The van der Waals surface area contributed by atoms with E-state index >= 15 is 0 Å². The number of carbonyl (C=O) groups excluding carboxylic acids is 1. The Labute approximate surface area is 177 Å². The monoisotopic (exact) mass is 409 g/mol. The zero-order valence-corrected chi connectivity index (χ0v) is 17.1. The van der Waals surface area contributed by atoms with E-state index in [-0.39, 0.29) is 12.4 Å². The Kier molecular flexibility index (Phi) is 10.3. The number of benzene rings is 1. The van der Waals surface area contributed by atoms with E-state index in [1.807, 2.05) is 24.3 Å². The third-order valence-corrected chi connectivity index (χ3v) is 4.00. The molecule has 1 aromatic carbocycles. The van der Waals surface area contributed by atoms with Gasteiger partial charge in [-0.2, -0.15) is 0 Å². The van der Waals surface area contributed by atoms with Crippen LogP contribution in [-0.4, -0.2) is 53.7 Å². The summed E-state index contributed by atoms with van der Waals surface area (Å²) in [5.74, 6) is 11.8. The maximum atomic E-state index is 11.4. The SMILES string of the molecule is COc1ccc(C#CC[C@@H](O)/C=C/C=CC#C[C@@H](O)CCCC(=O)ON2CC2)cc1. The van der Waals surface area contributed by atoms with E-state index in [0.717, 1.165) is 24.4 Å². The maximum absolute atomic E-state index is 11.4. The van der Waals surface area contributed by atoms with Crippen LogP contribution in [0.2, 0.25) is 0 Å². The number of rotatable bonds is 9. The normalized spacial score (nSPS) is 15.0. The zero-order valence-electron chi connectivity index (χ0n) is 17.1. The topological polar surface area (TPSA) is 79.0 Å². The first-order chi connectivity index (χ1) is 14.6. The molecule has 0 saturated carbocycles. The van der Waals surface area contributed by atoms with Gasteiger partial charge in [0.1, 0.15) is 11.9 Å². The van der Waals surface area contributed by atoms with E-state index < -0.39 is 12.2 Å². The van der Waals surface area contributed by atoms with Crippen LogP contribution in [-0.2, 0) is 9.63 Å². The third kappa shape index (κ3) is 10.5. The van der Waals surface area contributed by atoms with Crippen molar-refractivity contribution in [1.29, 1.82) is 0 Å². The number of allylic oxidation sites excluding steroid dienone is 3. The van der Waals surface area contributed by atoms with Gasteiger partial charge in [-0.3, -0.25) is 4.79 Å². The van der Waals surface area contributed by atoms with Gasteiger partial charge in [0, 0.05) is 18.4 Å². The number of aliphatic hydroxyl groups excluding tert-OH is 2. The molecule has 0 amide bonds. The molecule has 30 heavy (non-hydrogen) atoms. The van der Waals surface area contributed by atoms with Crippen LogP contribution in [0.15, 0.2) is 48.6 Å². The number of nitrogens with zero attached hydrogens (tertiary/aromatic N) is 1. The number of hydrogen-bond acceptors (Lipinski definition) is 6. The van der Waals surface area contributed by atoms with Crippen molar-refractivity contribution in [2.75, 3.05) is 20.2 Å². The molecule has 2 N–H and O–H groups in total. The number of aliphatic hydroxyl groups is 2. The van der Waals surface area contributed by atoms with Crippen LogP contribution in [0.4, 0.5) is 0 Å². The number of hydrogen-bond donors (Lipinski definition) is 2. The smallest absolute Gasteiger partial charge is 0.325 e. The maximum Gasteiger partial charge on any atom is 0.325 e. The van der Waals surface area contributed by atoms with E-state index in [1.54, 1.807) is 36.5 Å². The minimum Gasteiger partial charge on any atom is -0.497 e. The molecular weight excluding hydrogens is 382 g/mol. The van der Waals surface area contributed by atoms with Gasteiger partial charge in [0.05, 0.1) is 26.3 Å². The van der Waals surface area contributed by atoms with Gasteiger partial charge >= 0.3 is 5.97 Å². The second kappa shape index (κ2) is 13.2. The fourth-order valence-electron chi connectivity index (χ4n) is 2.27. The molecule has 2 atom stereocenters. The van der Waals surface area contributed by atoms with E-state index in [4.69, 9.17) is 9.57 Å². The molecule has 6 nitrogen and oxygen atoms in total. The molecule has 1 aliphatic rings. The molecule has 1 aromatic rings. The summed E-state index contributed by atoms with van der Waals surface area (Å²) >= 11 is 0. The van der Waals surface area contributed by atoms with Crippen LogP contribution in [0, 0.1) is 23.7 Å². The Morgan fingerprint density at radius 2 is 2.00 bits per heavy atom. The quantitative estimate of drug-likeness (QED) is 0.370. The van der Waals surface area contributed by atoms with Crippen LogP contribution >= 0.6 is 0 Å². The number of carbonyl (C=O) groups is 1. The van der Waals surface area contributed by atoms with Gasteiger partial charge in [0.15, 0.2) is 0 Å². The molecule has 0 radical (unpaired) electrons. The Bertz CT molecular complexity index is 848. The summed E-state index contributed by atoms with van der Waals surface area (Å²) in [7, 11) is 1.61. The van der Waals surface area contributed by atoms with Crippen LogP contribution < -0.4 is 4.74 Å². The Hall–Kier alpha value is -3.03. The highest BCUT2D eigenvalue weighted by atomic mass is 16.7. The lowest BCUT2D eigenvalue weighted by atomic mass is 10.1. The molecule has 1 heterocycles. The molecule has 0 aromatic heterocycles. The minimum atomic E-state index is -0.786.